The van der Waals surface area contributed by atoms with E-state index in [1.165, 1.54) is 79.7 Å². The standard InChI is InChI=1S/C95H127N21O22S/c1-9-50(6)79-93(137)107-66(32-34-76(96)121)85(129)114-75(81(97)125)46-139-47-77(122)104-70(39-53-20-26-58(118)27-21-53)88(132)105-65(19-14-36-100-95(98)99)83(127)106-67(33-35-78(123)124)84(128)110-71(40-54-22-28-59(119)29-23-54)86(130)103-51(7)82(126)108-68(37-48(2)3)87(131)111-72(41-55-24-30-60(120)31-25-55)92(136)116-80(52(8)117)94(138)113-74(43-57-45-102-64-18-13-11-16-62(57)64)90(134)112-73(42-56-44-101-63-17-12-10-15-61(56)63)89(133)109-69(38-49(4)5)91(135)115-79/h10-13,15-18,20-31,44-45,48-52,65-75,79-80,101-102,117-120H,9,14,19,32-43,46-47H2,1-8H3,(H2,96,121)(H2,97,125)(H,103,130)(H,104,122)(H,105,132)(H,106,127)(H,107,137)(H,108,126)(H,109,133)(H,110,128)(H,111,131)(H,112,134)(H,113,138)(H,114,129)(H,115,135)(H,116,136)(H,123,124)(H4,98,99,100)/t50-,51-,52+,65-,66-,67-,68-,69-,70+,71-,72-,73-,74-,75-,79-,80-/m0/s1. The van der Waals surface area contributed by atoms with Crippen LogP contribution in [0.25, 0.3) is 21.8 Å². The number of hydrogen-bond donors (Lipinski definition) is 26. The maximum atomic E-state index is 15.7. The fraction of sp³-hybridized carbons (Fsp3) is 0.453. The van der Waals surface area contributed by atoms with Crippen molar-refractivity contribution < 1.29 is 107 Å². The molecule has 5 aromatic carbocycles. The third-order valence-corrected chi connectivity index (χ3v) is 24.2. The lowest BCUT2D eigenvalue weighted by Crippen LogP contribution is -2.63. The molecule has 0 unspecified atom stereocenters. The number of nitrogens with two attached hydrogens (primary N) is 3. The number of aromatic nitrogens is 2. The number of H-pyrrole nitrogens is 2. The molecule has 16 atom stereocenters. The van der Waals surface area contributed by atoms with Crippen molar-refractivity contribution in [3.63, 3.8) is 0 Å². The molecule has 750 valence electrons. The Kier molecular flexibility index (Phi) is 41.8. The van der Waals surface area contributed by atoms with Gasteiger partial charge in [0.1, 0.15) is 102 Å². The number of primary amides is 2. The Bertz CT molecular complexity index is 5500. The zero-order valence-corrected chi connectivity index (χ0v) is 79.2. The van der Waals surface area contributed by atoms with Gasteiger partial charge in [0.15, 0.2) is 5.96 Å². The predicted molar refractivity (Wildman–Crippen MR) is 513 cm³/mol. The first kappa shape index (κ1) is 109. The topological polar surface area (TPSA) is 705 Å². The highest BCUT2D eigenvalue weighted by molar-refractivity contribution is 8.00. The molecule has 139 heavy (non-hydrogen) atoms. The SMILES string of the molecule is CC[C@H](C)[C@@H]1NC(=O)[C@H](CC(C)C)NC(=O)[C@H](Cc2c[nH]c3ccccc23)NC(=O)[C@H](Cc2c[nH]c3ccccc23)NC(=O)[C@H]([C@@H](C)O)NC(=O)[C@H](Cc2ccc(O)cc2)NC(=O)[C@H](CC(C)C)NC(=O)[C@H](C)NC(=O)[C@H](Cc2ccc(O)cc2)NC(=O)[C@H](CCC(=O)O)NC(=O)[C@H](CCCNC(=N)N)NC(=O)[C@@H](Cc2ccc(O)cc2)NC(=O)CSC[C@@H](C(N)=O)NC(=O)[C@H](CCC(N)=O)NC1=O. The van der Waals surface area contributed by atoms with E-state index in [2.05, 4.69) is 89.7 Å². The zero-order chi connectivity index (χ0) is 102. The van der Waals surface area contributed by atoms with Crippen LogP contribution in [0.2, 0.25) is 0 Å². The number of rotatable bonds is 28. The van der Waals surface area contributed by atoms with Crippen molar-refractivity contribution in [1.29, 1.82) is 5.41 Å². The Morgan fingerprint density at radius 2 is 0.777 bits per heavy atom. The van der Waals surface area contributed by atoms with Crippen LogP contribution in [0.3, 0.4) is 0 Å². The average molecular weight is 1950 g/mol. The summed E-state index contributed by atoms with van der Waals surface area (Å²) in [5, 5.41) is 101. The molecular weight excluding hydrogens is 1820 g/mol. The molecule has 8 rings (SSSR count). The van der Waals surface area contributed by atoms with Crippen molar-refractivity contribution in [2.24, 2.45) is 35.0 Å². The minimum Gasteiger partial charge on any atom is -0.508 e. The second-order valence-corrected chi connectivity index (χ2v) is 36.4. The predicted octanol–water partition coefficient (Wildman–Crippen LogP) is -0.769. The Balaban J connectivity index is 1.21. The van der Waals surface area contributed by atoms with Gasteiger partial charge in [0.25, 0.3) is 0 Å². The van der Waals surface area contributed by atoms with Gasteiger partial charge in [-0.25, -0.2) is 0 Å². The van der Waals surface area contributed by atoms with E-state index in [1.54, 1.807) is 102 Å². The number of para-hydroxylation sites is 2. The Morgan fingerprint density at radius 1 is 0.424 bits per heavy atom. The summed E-state index contributed by atoms with van der Waals surface area (Å²) in [4.78, 5) is 254. The minimum absolute atomic E-state index is 0.0494. The monoisotopic (exact) mass is 1950 g/mol. The van der Waals surface area contributed by atoms with Gasteiger partial charge < -0.3 is 132 Å². The Hall–Kier alpha value is -14.8. The number of phenols is 3. The summed E-state index contributed by atoms with van der Waals surface area (Å²) in [6, 6.07) is 6.75. The number of fused-ring (bicyclic) bond motifs is 2. The van der Waals surface area contributed by atoms with E-state index in [0.29, 0.717) is 49.6 Å². The molecule has 1 saturated heterocycles. The third-order valence-electron chi connectivity index (χ3n) is 23.2. The van der Waals surface area contributed by atoms with E-state index in [4.69, 9.17) is 22.6 Å². The first-order valence-corrected chi connectivity index (χ1v) is 46.9. The molecule has 1 aliphatic rings. The largest absolute Gasteiger partial charge is 0.508 e. The molecule has 0 spiro atoms. The molecule has 0 radical (unpaired) electrons. The summed E-state index contributed by atoms with van der Waals surface area (Å²) in [6.07, 6.45) is -3.30. The van der Waals surface area contributed by atoms with Crippen LogP contribution < -0.4 is 97.0 Å². The van der Waals surface area contributed by atoms with Crippen LogP contribution in [0.4, 0.5) is 0 Å². The van der Waals surface area contributed by atoms with Gasteiger partial charge >= 0.3 is 5.97 Å². The summed E-state index contributed by atoms with van der Waals surface area (Å²) < 4.78 is 0. The highest BCUT2D eigenvalue weighted by Gasteiger charge is 2.41. The van der Waals surface area contributed by atoms with Crippen LogP contribution in [0.15, 0.2) is 134 Å². The molecule has 7 aromatic rings. The number of guanidine groups is 1. The Morgan fingerprint density at radius 3 is 1.21 bits per heavy atom. The summed E-state index contributed by atoms with van der Waals surface area (Å²) in [6.45, 7) is 12.5. The molecule has 1 fully saturated rings. The van der Waals surface area contributed by atoms with Gasteiger partial charge in [-0.2, -0.15) is 0 Å². The number of aliphatic carboxylic acids is 1. The number of carbonyl (C=O) groups is 17. The lowest BCUT2D eigenvalue weighted by Gasteiger charge is -2.30. The fourth-order valence-corrected chi connectivity index (χ4v) is 16.3. The van der Waals surface area contributed by atoms with Gasteiger partial charge in [-0.3, -0.25) is 86.9 Å². The van der Waals surface area contributed by atoms with Crippen LogP contribution in [0, 0.1) is 23.2 Å². The van der Waals surface area contributed by atoms with E-state index >= 15 is 28.8 Å². The van der Waals surface area contributed by atoms with Crippen LogP contribution in [-0.4, -0.2) is 251 Å². The summed E-state index contributed by atoms with van der Waals surface area (Å²) in [7, 11) is 0. The zero-order valence-electron chi connectivity index (χ0n) is 78.4. The van der Waals surface area contributed by atoms with E-state index < -0.39 is 259 Å². The number of amides is 16. The van der Waals surface area contributed by atoms with Gasteiger partial charge in [-0.1, -0.05) is 121 Å². The molecule has 29 N–H and O–H groups in total. The number of carboxylic acids is 1. The molecular formula is C95H127N21O22S. The molecule has 2 aromatic heterocycles. The quantitative estimate of drug-likeness (QED) is 0.0163. The van der Waals surface area contributed by atoms with Crippen molar-refractivity contribution in [3.8, 4) is 17.2 Å². The highest BCUT2D eigenvalue weighted by Crippen LogP contribution is 2.25. The summed E-state index contributed by atoms with van der Waals surface area (Å²) in [5.74, 6) is -21.8. The van der Waals surface area contributed by atoms with E-state index in [1.807, 2.05) is 0 Å². The van der Waals surface area contributed by atoms with E-state index in [9.17, 15) is 78.3 Å². The highest BCUT2D eigenvalue weighted by atomic mass is 32.2. The van der Waals surface area contributed by atoms with Gasteiger partial charge in [-0.15, -0.1) is 11.8 Å². The van der Waals surface area contributed by atoms with E-state index in [0.717, 1.165) is 18.7 Å². The van der Waals surface area contributed by atoms with Crippen LogP contribution in [-0.2, 0) is 114 Å². The maximum Gasteiger partial charge on any atom is 0.303 e. The van der Waals surface area contributed by atoms with Crippen molar-refractivity contribution in [2.45, 2.75) is 236 Å². The number of phenolic OH excluding ortho intramolecular Hbond substituents is 3. The Labute approximate surface area is 805 Å². The maximum absolute atomic E-state index is 15.7. The molecule has 0 aliphatic carbocycles. The lowest BCUT2D eigenvalue weighted by molar-refractivity contribution is -0.139. The first-order valence-electron chi connectivity index (χ1n) is 45.7. The lowest BCUT2D eigenvalue weighted by atomic mass is 9.95. The summed E-state index contributed by atoms with van der Waals surface area (Å²) >= 11 is 0.717. The average Bonchev–Trinajstić information content (AvgIpc) is 1.67. The number of carbonyl (C=O) groups excluding carboxylic acids is 16. The van der Waals surface area contributed by atoms with Gasteiger partial charge in [0, 0.05) is 91.4 Å². The van der Waals surface area contributed by atoms with Crippen LogP contribution in [0.5, 0.6) is 17.2 Å². The van der Waals surface area contributed by atoms with Crippen molar-refractivity contribution >= 4 is 140 Å². The van der Waals surface area contributed by atoms with Crippen LogP contribution >= 0.6 is 11.8 Å². The second kappa shape index (κ2) is 53.0. The number of thioether (sulfide) groups is 1. The number of benzene rings is 5. The molecule has 0 saturated carbocycles. The molecule has 16 amide bonds. The first-order chi connectivity index (χ1) is 65.9. The number of aliphatic hydroxyl groups excluding tert-OH is 1. The van der Waals surface area contributed by atoms with Crippen molar-refractivity contribution in [1.82, 2.24) is 89.7 Å². The number of aromatic amines is 2. The molecule has 1 aliphatic heterocycles. The van der Waals surface area contributed by atoms with Gasteiger partial charge in [-0.05, 0) is 146 Å². The number of aliphatic hydroxyl groups is 1. The fourth-order valence-electron chi connectivity index (χ4n) is 15.4. The third kappa shape index (κ3) is 34.7. The minimum atomic E-state index is -1.97. The second-order valence-electron chi connectivity index (χ2n) is 35.4. The number of hydrogen-bond acceptors (Lipinski definition) is 23. The normalized spacial score (nSPS) is 23.2. The number of carboxylic acid groups (broad SMARTS) is 1. The molecule has 44 heteroatoms. The molecule has 43 nitrogen and oxygen atoms in total. The van der Waals surface area contributed by atoms with Crippen molar-refractivity contribution in [2.75, 3.05) is 18.1 Å². The van der Waals surface area contributed by atoms with E-state index in [-0.39, 0.29) is 81.1 Å². The summed E-state index contributed by atoms with van der Waals surface area (Å²) in [5.41, 5.74) is 20.2. The van der Waals surface area contributed by atoms with Gasteiger partial charge in [0.05, 0.1) is 11.9 Å². The van der Waals surface area contributed by atoms with Crippen LogP contribution in [0.1, 0.15) is 141 Å². The molecule has 0 bridgehead atoms. The number of nitrogens with one attached hydrogen (secondary N) is 18. The molecule has 3 heterocycles. The smallest absolute Gasteiger partial charge is 0.303 e. The van der Waals surface area contributed by atoms with Gasteiger partial charge in [0.2, 0.25) is 94.5 Å². The van der Waals surface area contributed by atoms with Crippen molar-refractivity contribution in [3.05, 3.63) is 162 Å². The number of aromatic hydroxyl groups is 3.